The van der Waals surface area contributed by atoms with E-state index in [2.05, 4.69) is 4.98 Å². The maximum absolute atomic E-state index is 5.83. The third-order valence-corrected chi connectivity index (χ3v) is 2.37. The second kappa shape index (κ2) is 2.67. The van der Waals surface area contributed by atoms with Crippen LogP contribution in [0.5, 0.6) is 0 Å². The summed E-state index contributed by atoms with van der Waals surface area (Å²) in [7, 11) is 7.45. The molecule has 2 radical (unpaired) electrons. The Morgan fingerprint density at radius 3 is 2.92 bits per heavy atom. The zero-order valence-electron chi connectivity index (χ0n) is 7.08. The molecular formula is C8H7BClN3. The van der Waals surface area contributed by atoms with Crippen LogP contribution in [0.3, 0.4) is 0 Å². The molecule has 2 N–H and O–H groups in total. The van der Waals surface area contributed by atoms with Crippen molar-refractivity contribution in [3.05, 3.63) is 17.4 Å². The van der Waals surface area contributed by atoms with Gasteiger partial charge in [-0.15, -0.1) is 0 Å². The molecule has 0 atom stereocenters. The molecule has 0 amide bonds. The average molecular weight is 191 g/mol. The minimum Gasteiger partial charge on any atom is -0.399 e. The molecule has 64 valence electrons. The number of hydrogen-bond acceptors (Lipinski definition) is 2. The van der Waals surface area contributed by atoms with Crippen molar-refractivity contribution < 1.29 is 0 Å². The van der Waals surface area contributed by atoms with Crippen molar-refractivity contribution in [3.8, 4) is 0 Å². The smallest absolute Gasteiger partial charge is 0.203 e. The summed E-state index contributed by atoms with van der Waals surface area (Å²) in [6.07, 6.45) is 0. The summed E-state index contributed by atoms with van der Waals surface area (Å²) in [5, 5.41) is 0.431. The first kappa shape index (κ1) is 8.44. The molecule has 1 aromatic heterocycles. The number of benzene rings is 1. The van der Waals surface area contributed by atoms with E-state index in [0.717, 1.165) is 11.0 Å². The van der Waals surface area contributed by atoms with Gasteiger partial charge in [0, 0.05) is 12.7 Å². The van der Waals surface area contributed by atoms with Gasteiger partial charge in [0.15, 0.2) is 0 Å². The summed E-state index contributed by atoms with van der Waals surface area (Å²) in [4.78, 5) is 4.11. The highest BCUT2D eigenvalue weighted by Crippen LogP contribution is 2.18. The number of aromatic nitrogens is 2. The summed E-state index contributed by atoms with van der Waals surface area (Å²) >= 11 is 5.83. The van der Waals surface area contributed by atoms with Gasteiger partial charge < -0.3 is 10.3 Å². The molecular weight excluding hydrogens is 184 g/mol. The van der Waals surface area contributed by atoms with Crippen LogP contribution in [0.2, 0.25) is 5.28 Å². The molecule has 1 heterocycles. The van der Waals surface area contributed by atoms with Gasteiger partial charge in [-0.1, -0.05) is 5.46 Å². The first-order valence-electron chi connectivity index (χ1n) is 3.76. The lowest BCUT2D eigenvalue weighted by atomic mass is 9.94. The van der Waals surface area contributed by atoms with Gasteiger partial charge in [0.05, 0.1) is 11.0 Å². The molecule has 0 unspecified atom stereocenters. The summed E-state index contributed by atoms with van der Waals surface area (Å²) in [6.45, 7) is 0. The summed E-state index contributed by atoms with van der Waals surface area (Å²) < 4.78 is 1.76. The van der Waals surface area contributed by atoms with Crippen molar-refractivity contribution in [1.29, 1.82) is 0 Å². The lowest BCUT2D eigenvalue weighted by Crippen LogP contribution is -2.09. The van der Waals surface area contributed by atoms with Crippen LogP contribution in [0, 0.1) is 0 Å². The second-order valence-electron chi connectivity index (χ2n) is 2.91. The van der Waals surface area contributed by atoms with Crippen LogP contribution in [-0.2, 0) is 7.05 Å². The Hall–Kier alpha value is -1.16. The van der Waals surface area contributed by atoms with E-state index in [1.165, 1.54) is 0 Å². The highest BCUT2D eigenvalue weighted by atomic mass is 35.5. The lowest BCUT2D eigenvalue weighted by molar-refractivity contribution is 0.949. The van der Waals surface area contributed by atoms with E-state index >= 15 is 0 Å². The van der Waals surface area contributed by atoms with Gasteiger partial charge in [-0.3, -0.25) is 0 Å². The number of imidazole rings is 1. The van der Waals surface area contributed by atoms with Gasteiger partial charge in [-0.05, 0) is 23.7 Å². The number of rotatable bonds is 0. The molecule has 5 heteroatoms. The average Bonchev–Trinajstić information content (AvgIpc) is 2.32. The summed E-state index contributed by atoms with van der Waals surface area (Å²) in [5.74, 6) is 0. The van der Waals surface area contributed by atoms with Crippen LogP contribution >= 0.6 is 11.6 Å². The van der Waals surface area contributed by atoms with Crippen molar-refractivity contribution in [2.75, 3.05) is 5.73 Å². The van der Waals surface area contributed by atoms with Crippen LogP contribution in [0.1, 0.15) is 0 Å². The van der Waals surface area contributed by atoms with Gasteiger partial charge in [0.2, 0.25) is 5.28 Å². The van der Waals surface area contributed by atoms with Crippen LogP contribution in [0.25, 0.3) is 11.0 Å². The normalized spacial score (nSPS) is 10.9. The molecule has 0 saturated carbocycles. The molecule has 0 aliphatic heterocycles. The number of hydrogen-bond donors (Lipinski definition) is 1. The number of fused-ring (bicyclic) bond motifs is 1. The number of anilines is 1. The van der Waals surface area contributed by atoms with Gasteiger partial charge in [-0.25, -0.2) is 4.98 Å². The first-order chi connectivity index (χ1) is 6.09. The largest absolute Gasteiger partial charge is 0.399 e. The van der Waals surface area contributed by atoms with E-state index < -0.39 is 0 Å². The van der Waals surface area contributed by atoms with E-state index in [4.69, 9.17) is 25.2 Å². The van der Waals surface area contributed by atoms with Crippen LogP contribution in [0.4, 0.5) is 5.69 Å². The van der Waals surface area contributed by atoms with E-state index in [1.807, 2.05) is 7.05 Å². The predicted octanol–water partition coefficient (Wildman–Crippen LogP) is 0.603. The quantitative estimate of drug-likeness (QED) is 0.490. The first-order valence-corrected chi connectivity index (χ1v) is 4.14. The number of halogens is 1. The third kappa shape index (κ3) is 1.18. The molecule has 0 aliphatic rings. The van der Waals surface area contributed by atoms with Crippen molar-refractivity contribution in [2.24, 2.45) is 7.05 Å². The van der Waals surface area contributed by atoms with Crippen LogP contribution < -0.4 is 11.2 Å². The molecule has 1 aromatic carbocycles. The second-order valence-corrected chi connectivity index (χ2v) is 3.25. The summed E-state index contributed by atoms with van der Waals surface area (Å²) in [5.41, 5.74) is 8.38. The van der Waals surface area contributed by atoms with Crippen LogP contribution in [-0.4, -0.2) is 17.4 Å². The van der Waals surface area contributed by atoms with Gasteiger partial charge in [0.1, 0.15) is 7.85 Å². The molecule has 0 fully saturated rings. The van der Waals surface area contributed by atoms with E-state index in [0.29, 0.717) is 16.4 Å². The fraction of sp³-hybridized carbons (Fsp3) is 0.125. The SMILES string of the molecule is [B]c1cc2nc(Cl)n(C)c2cc1N. The highest BCUT2D eigenvalue weighted by molar-refractivity contribution is 6.36. The Labute approximate surface area is 81.9 Å². The van der Waals surface area contributed by atoms with Gasteiger partial charge in [-0.2, -0.15) is 0 Å². The van der Waals surface area contributed by atoms with Gasteiger partial charge >= 0.3 is 0 Å². The molecule has 13 heavy (non-hydrogen) atoms. The molecule has 0 aliphatic carbocycles. The molecule has 0 bridgehead atoms. The topological polar surface area (TPSA) is 43.8 Å². The Bertz CT molecular complexity index is 478. The number of aryl methyl sites for hydroxylation is 1. The summed E-state index contributed by atoms with van der Waals surface area (Å²) in [6, 6.07) is 3.49. The van der Waals surface area contributed by atoms with E-state index in [-0.39, 0.29) is 0 Å². The fourth-order valence-electron chi connectivity index (χ4n) is 1.24. The Kier molecular flexibility index (Phi) is 1.73. The Morgan fingerprint density at radius 1 is 1.54 bits per heavy atom. The lowest BCUT2D eigenvalue weighted by Gasteiger charge is -2.00. The predicted molar refractivity (Wildman–Crippen MR) is 55.5 cm³/mol. The highest BCUT2D eigenvalue weighted by Gasteiger charge is 2.06. The van der Waals surface area contributed by atoms with Crippen molar-refractivity contribution in [3.63, 3.8) is 0 Å². The maximum atomic E-state index is 5.83. The van der Waals surface area contributed by atoms with Crippen molar-refractivity contribution in [1.82, 2.24) is 9.55 Å². The molecule has 0 spiro atoms. The van der Waals surface area contributed by atoms with Crippen LogP contribution in [0.15, 0.2) is 12.1 Å². The van der Waals surface area contributed by atoms with E-state index in [1.54, 1.807) is 16.7 Å². The number of nitrogens with two attached hydrogens (primary N) is 1. The molecule has 2 aromatic rings. The minimum absolute atomic E-state index is 0.431. The fourth-order valence-corrected chi connectivity index (χ4v) is 1.42. The number of nitrogens with zero attached hydrogens (tertiary/aromatic N) is 2. The van der Waals surface area contributed by atoms with Crippen molar-refractivity contribution in [2.45, 2.75) is 0 Å². The van der Waals surface area contributed by atoms with Crippen molar-refractivity contribution >= 4 is 41.6 Å². The monoisotopic (exact) mass is 191 g/mol. The zero-order valence-corrected chi connectivity index (χ0v) is 7.84. The molecule has 0 saturated heterocycles. The van der Waals surface area contributed by atoms with Gasteiger partial charge in [0.25, 0.3) is 0 Å². The third-order valence-electron chi connectivity index (χ3n) is 2.03. The molecule has 3 nitrogen and oxygen atoms in total. The Balaban J connectivity index is 2.89. The number of nitrogen functional groups attached to an aromatic ring is 1. The molecule has 2 rings (SSSR count). The Morgan fingerprint density at radius 2 is 2.23 bits per heavy atom. The maximum Gasteiger partial charge on any atom is 0.203 e. The zero-order chi connectivity index (χ0) is 9.59. The van der Waals surface area contributed by atoms with E-state index in [9.17, 15) is 0 Å². The minimum atomic E-state index is 0.431. The standard InChI is InChI=1S/C8H7BClN3/c1-13-7-3-5(11)4(9)2-6(7)12-8(13)10/h2-3H,11H2,1H3.